The Kier molecular flexibility index (Phi) is 5.44. The minimum atomic E-state index is -0.547. The number of ether oxygens (including phenoxy) is 1. The summed E-state index contributed by atoms with van der Waals surface area (Å²) in [6.45, 7) is 7.00. The molecular weight excluding hydrogens is 252 g/mol. The molecule has 1 N–H and O–H groups in total. The van der Waals surface area contributed by atoms with Crippen molar-refractivity contribution < 1.29 is 9.53 Å². The maximum Gasteiger partial charge on any atom is 0.325 e. The Morgan fingerprint density at radius 2 is 2.10 bits per heavy atom. The molecule has 2 rings (SSSR count). The minimum absolute atomic E-state index is 0.140. The largest absolute Gasteiger partial charge is 0.468 e. The Bertz CT molecular complexity index is 334. The van der Waals surface area contributed by atoms with Crippen LogP contribution in [0.25, 0.3) is 0 Å². The molecule has 1 aliphatic carbocycles. The van der Waals surface area contributed by atoms with E-state index in [4.69, 9.17) is 4.74 Å². The van der Waals surface area contributed by atoms with Crippen molar-refractivity contribution >= 4 is 5.97 Å². The van der Waals surface area contributed by atoms with E-state index in [1.165, 1.54) is 45.8 Å². The number of likely N-dealkylation sites (tertiary alicyclic amines) is 1. The molecule has 0 radical (unpaired) electrons. The van der Waals surface area contributed by atoms with Crippen molar-refractivity contribution in [2.75, 3.05) is 26.7 Å². The Hall–Kier alpha value is -0.610. The van der Waals surface area contributed by atoms with E-state index < -0.39 is 5.54 Å². The normalized spacial score (nSPS) is 29.8. The van der Waals surface area contributed by atoms with Gasteiger partial charge in [-0.15, -0.1) is 0 Å². The summed E-state index contributed by atoms with van der Waals surface area (Å²) >= 11 is 0. The number of rotatable bonds is 6. The lowest BCUT2D eigenvalue weighted by molar-refractivity contribution is -0.148. The van der Waals surface area contributed by atoms with Crippen LogP contribution in [0.15, 0.2) is 0 Å². The Labute approximate surface area is 123 Å². The van der Waals surface area contributed by atoms with E-state index in [1.807, 2.05) is 13.8 Å². The number of fused-ring (bicyclic) bond motifs is 1. The summed E-state index contributed by atoms with van der Waals surface area (Å²) in [5, 5.41) is 3.31. The van der Waals surface area contributed by atoms with Crippen LogP contribution in [-0.4, -0.2) is 49.2 Å². The van der Waals surface area contributed by atoms with Crippen LogP contribution in [0, 0.1) is 5.92 Å². The molecule has 4 nitrogen and oxygen atoms in total. The van der Waals surface area contributed by atoms with Crippen molar-refractivity contribution in [3.8, 4) is 0 Å². The molecule has 0 spiro atoms. The summed E-state index contributed by atoms with van der Waals surface area (Å²) in [6, 6.07) is 0.771. The Morgan fingerprint density at radius 1 is 1.35 bits per heavy atom. The molecule has 3 unspecified atom stereocenters. The molecule has 4 heteroatoms. The van der Waals surface area contributed by atoms with Crippen LogP contribution < -0.4 is 5.32 Å². The van der Waals surface area contributed by atoms with Gasteiger partial charge in [-0.25, -0.2) is 0 Å². The molecule has 1 saturated heterocycles. The first-order valence-corrected chi connectivity index (χ1v) is 8.18. The predicted octanol–water partition coefficient (Wildman–Crippen LogP) is 2.18. The van der Waals surface area contributed by atoms with Crippen LogP contribution in [0.4, 0.5) is 0 Å². The smallest absolute Gasteiger partial charge is 0.325 e. The first-order chi connectivity index (χ1) is 9.60. The number of esters is 1. The maximum absolute atomic E-state index is 12.0. The van der Waals surface area contributed by atoms with Gasteiger partial charge in [-0.3, -0.25) is 4.79 Å². The molecule has 1 saturated carbocycles. The molecule has 0 amide bonds. The zero-order valence-electron chi connectivity index (χ0n) is 13.3. The van der Waals surface area contributed by atoms with E-state index >= 15 is 0 Å². The van der Waals surface area contributed by atoms with Gasteiger partial charge in [0.15, 0.2) is 0 Å². The van der Waals surface area contributed by atoms with Gasteiger partial charge in [0.25, 0.3) is 0 Å². The number of hydrogen-bond donors (Lipinski definition) is 1. The van der Waals surface area contributed by atoms with Gasteiger partial charge in [0.05, 0.1) is 7.11 Å². The summed E-state index contributed by atoms with van der Waals surface area (Å²) in [7, 11) is 1.48. The second kappa shape index (κ2) is 6.90. The molecule has 3 atom stereocenters. The molecular formula is C16H30N2O2. The lowest BCUT2D eigenvalue weighted by Crippen LogP contribution is -2.53. The van der Waals surface area contributed by atoms with Crippen molar-refractivity contribution in [1.29, 1.82) is 0 Å². The van der Waals surface area contributed by atoms with E-state index in [-0.39, 0.29) is 5.97 Å². The van der Waals surface area contributed by atoms with Crippen LogP contribution in [0.3, 0.4) is 0 Å². The Balaban J connectivity index is 1.93. The molecule has 1 heterocycles. The Morgan fingerprint density at radius 3 is 2.80 bits per heavy atom. The lowest BCUT2D eigenvalue weighted by atomic mass is 9.90. The molecule has 2 aliphatic rings. The third kappa shape index (κ3) is 3.34. The average molecular weight is 282 g/mol. The van der Waals surface area contributed by atoms with Crippen molar-refractivity contribution in [1.82, 2.24) is 10.2 Å². The van der Waals surface area contributed by atoms with E-state index in [0.717, 1.165) is 31.5 Å². The first-order valence-electron chi connectivity index (χ1n) is 8.18. The van der Waals surface area contributed by atoms with Crippen molar-refractivity contribution in [2.24, 2.45) is 5.92 Å². The van der Waals surface area contributed by atoms with Crippen molar-refractivity contribution in [3.63, 3.8) is 0 Å². The third-order valence-electron chi connectivity index (χ3n) is 5.21. The monoisotopic (exact) mass is 282 g/mol. The van der Waals surface area contributed by atoms with E-state index in [9.17, 15) is 4.79 Å². The number of methoxy groups -OCH3 is 1. The summed E-state index contributed by atoms with van der Waals surface area (Å²) in [6.07, 6.45) is 7.69. The number of carbonyl (C=O) groups is 1. The van der Waals surface area contributed by atoms with Gasteiger partial charge < -0.3 is 15.0 Å². The van der Waals surface area contributed by atoms with Gasteiger partial charge in [0.1, 0.15) is 5.54 Å². The molecule has 0 bridgehead atoms. The summed E-state index contributed by atoms with van der Waals surface area (Å²) < 4.78 is 4.97. The fraction of sp³-hybridized carbons (Fsp3) is 0.938. The van der Waals surface area contributed by atoms with Gasteiger partial charge in [-0.1, -0.05) is 13.3 Å². The SMILES string of the molecule is CCNC(C)(CCN1CCCC2CCCC21)C(=O)OC. The fourth-order valence-electron chi connectivity index (χ4n) is 4.08. The first kappa shape index (κ1) is 15.8. The van der Waals surface area contributed by atoms with Crippen molar-refractivity contribution in [3.05, 3.63) is 0 Å². The van der Waals surface area contributed by atoms with E-state index in [2.05, 4.69) is 10.2 Å². The number of nitrogens with zero attached hydrogens (tertiary/aromatic N) is 1. The van der Waals surface area contributed by atoms with Crippen LogP contribution >= 0.6 is 0 Å². The number of likely N-dealkylation sites (N-methyl/N-ethyl adjacent to an activating group) is 1. The maximum atomic E-state index is 12.0. The minimum Gasteiger partial charge on any atom is -0.468 e. The molecule has 2 fully saturated rings. The molecule has 0 aromatic carbocycles. The number of hydrogen-bond acceptors (Lipinski definition) is 4. The molecule has 20 heavy (non-hydrogen) atoms. The zero-order valence-corrected chi connectivity index (χ0v) is 13.3. The molecule has 1 aliphatic heterocycles. The summed E-state index contributed by atoms with van der Waals surface area (Å²) in [4.78, 5) is 14.6. The van der Waals surface area contributed by atoms with Crippen LogP contribution in [0.2, 0.25) is 0 Å². The molecule has 0 aromatic heterocycles. The number of carbonyl (C=O) groups excluding carboxylic acids is 1. The second-order valence-corrected chi connectivity index (χ2v) is 6.54. The predicted molar refractivity (Wildman–Crippen MR) is 80.7 cm³/mol. The number of piperidine rings is 1. The standard InChI is InChI=1S/C16H30N2O2/c1-4-17-16(2,15(19)20-3)10-12-18-11-6-8-13-7-5-9-14(13)18/h13-14,17H,4-12H2,1-3H3. The highest BCUT2D eigenvalue weighted by Crippen LogP contribution is 2.37. The van der Waals surface area contributed by atoms with Crippen LogP contribution in [0.1, 0.15) is 52.4 Å². The van der Waals surface area contributed by atoms with Gasteiger partial charge in [0, 0.05) is 12.6 Å². The van der Waals surface area contributed by atoms with Crippen LogP contribution in [-0.2, 0) is 9.53 Å². The summed E-state index contributed by atoms with van der Waals surface area (Å²) in [5.74, 6) is 0.770. The highest BCUT2D eigenvalue weighted by atomic mass is 16.5. The van der Waals surface area contributed by atoms with Crippen LogP contribution in [0.5, 0.6) is 0 Å². The number of nitrogens with one attached hydrogen (secondary N) is 1. The lowest BCUT2D eigenvalue weighted by Gasteiger charge is -2.39. The summed E-state index contributed by atoms with van der Waals surface area (Å²) in [5.41, 5.74) is -0.547. The zero-order chi connectivity index (χ0) is 14.6. The van der Waals surface area contributed by atoms with Gasteiger partial charge in [-0.2, -0.15) is 0 Å². The highest BCUT2D eigenvalue weighted by Gasteiger charge is 2.38. The average Bonchev–Trinajstić information content (AvgIpc) is 2.93. The van der Waals surface area contributed by atoms with Gasteiger partial charge in [-0.05, 0) is 58.0 Å². The highest BCUT2D eigenvalue weighted by molar-refractivity contribution is 5.80. The topological polar surface area (TPSA) is 41.6 Å². The third-order valence-corrected chi connectivity index (χ3v) is 5.21. The fourth-order valence-corrected chi connectivity index (χ4v) is 4.08. The van der Waals surface area contributed by atoms with E-state index in [0.29, 0.717) is 0 Å². The van der Waals surface area contributed by atoms with Crippen molar-refractivity contribution in [2.45, 2.75) is 64.0 Å². The second-order valence-electron chi connectivity index (χ2n) is 6.54. The van der Waals surface area contributed by atoms with Gasteiger partial charge >= 0.3 is 5.97 Å². The van der Waals surface area contributed by atoms with E-state index in [1.54, 1.807) is 0 Å². The quantitative estimate of drug-likeness (QED) is 0.758. The molecule has 116 valence electrons. The molecule has 0 aromatic rings. The van der Waals surface area contributed by atoms with Gasteiger partial charge in [0.2, 0.25) is 0 Å².